The molecule has 2 N–H and O–H groups in total. The fraction of sp³-hybridized carbons (Fsp3) is 0.300. The van der Waals surface area contributed by atoms with Gasteiger partial charge in [-0.3, -0.25) is 13.9 Å². The summed E-state index contributed by atoms with van der Waals surface area (Å²) in [6.07, 6.45) is 1.06. The van der Waals surface area contributed by atoms with Gasteiger partial charge in [0, 0.05) is 25.2 Å². The van der Waals surface area contributed by atoms with Gasteiger partial charge in [-0.25, -0.2) is 8.42 Å². The Balaban J connectivity index is 1.43. The Kier molecular flexibility index (Phi) is 6.30. The lowest BCUT2D eigenvalue weighted by molar-refractivity contribution is -0.120. The standard InChI is InChI=1S/C20H23N3O4S/c24-19(11-12-21-20(25)15-16-5-2-1-3-6-16)22-17-7-9-18(10-8-17)23-13-4-14-28(23,26)27/h1-3,5-10H,4,11-15H2,(H,21,25)(H,22,24). The normalized spacial score (nSPS) is 15.2. The van der Waals surface area contributed by atoms with Crippen molar-refractivity contribution in [3.63, 3.8) is 0 Å². The summed E-state index contributed by atoms with van der Waals surface area (Å²) < 4.78 is 25.3. The van der Waals surface area contributed by atoms with Crippen LogP contribution in [-0.2, 0) is 26.0 Å². The van der Waals surface area contributed by atoms with Crippen LogP contribution in [0.25, 0.3) is 0 Å². The first kappa shape index (κ1) is 19.9. The summed E-state index contributed by atoms with van der Waals surface area (Å²) in [5.74, 6) is -0.182. The van der Waals surface area contributed by atoms with Crippen molar-refractivity contribution in [2.45, 2.75) is 19.3 Å². The Morgan fingerprint density at radius 3 is 2.32 bits per heavy atom. The third-order valence-corrected chi connectivity index (χ3v) is 6.29. The minimum atomic E-state index is -3.21. The number of nitrogens with zero attached hydrogens (tertiary/aromatic N) is 1. The van der Waals surface area contributed by atoms with Gasteiger partial charge in [-0.15, -0.1) is 0 Å². The number of hydrogen-bond acceptors (Lipinski definition) is 4. The summed E-state index contributed by atoms with van der Waals surface area (Å²) >= 11 is 0. The maximum Gasteiger partial charge on any atom is 0.235 e. The maximum atomic E-state index is 12.0. The first-order chi connectivity index (χ1) is 13.4. The first-order valence-electron chi connectivity index (χ1n) is 9.15. The van der Waals surface area contributed by atoms with Gasteiger partial charge in [0.1, 0.15) is 0 Å². The van der Waals surface area contributed by atoms with E-state index in [0.29, 0.717) is 24.3 Å². The Bertz CT molecular complexity index is 928. The quantitative estimate of drug-likeness (QED) is 0.741. The molecule has 3 rings (SSSR count). The van der Waals surface area contributed by atoms with Gasteiger partial charge in [0.2, 0.25) is 21.8 Å². The molecule has 0 saturated carbocycles. The second-order valence-corrected chi connectivity index (χ2v) is 8.61. The van der Waals surface area contributed by atoms with Crippen molar-refractivity contribution < 1.29 is 18.0 Å². The van der Waals surface area contributed by atoms with Crippen molar-refractivity contribution in [2.75, 3.05) is 28.5 Å². The molecule has 8 heteroatoms. The van der Waals surface area contributed by atoms with Crippen LogP contribution in [0.2, 0.25) is 0 Å². The molecular formula is C20H23N3O4S. The molecule has 0 atom stereocenters. The molecule has 2 amide bonds. The summed E-state index contributed by atoms with van der Waals surface area (Å²) in [5.41, 5.74) is 2.11. The van der Waals surface area contributed by atoms with Crippen LogP contribution in [-0.4, -0.2) is 39.1 Å². The first-order valence-corrected chi connectivity index (χ1v) is 10.8. The lowest BCUT2D eigenvalue weighted by Gasteiger charge is -2.17. The minimum absolute atomic E-state index is 0.129. The monoisotopic (exact) mass is 401 g/mol. The highest BCUT2D eigenvalue weighted by Gasteiger charge is 2.28. The number of rotatable bonds is 7. The summed E-state index contributed by atoms with van der Waals surface area (Å²) in [4.78, 5) is 23.9. The van der Waals surface area contributed by atoms with E-state index < -0.39 is 10.0 Å². The number of carbonyl (C=O) groups is 2. The molecule has 0 bridgehead atoms. The predicted octanol–water partition coefficient (Wildman–Crippen LogP) is 1.91. The molecule has 0 aliphatic carbocycles. The van der Waals surface area contributed by atoms with E-state index in [-0.39, 0.29) is 37.0 Å². The molecule has 0 spiro atoms. The number of amides is 2. The summed E-state index contributed by atoms with van der Waals surface area (Å²) in [6.45, 7) is 0.734. The van der Waals surface area contributed by atoms with Crippen LogP contribution in [0, 0.1) is 0 Å². The van der Waals surface area contributed by atoms with Crippen molar-refractivity contribution in [2.24, 2.45) is 0 Å². The zero-order valence-corrected chi connectivity index (χ0v) is 16.2. The van der Waals surface area contributed by atoms with Gasteiger partial charge in [0.15, 0.2) is 0 Å². The molecule has 0 unspecified atom stereocenters. The highest BCUT2D eigenvalue weighted by atomic mass is 32.2. The molecule has 0 radical (unpaired) electrons. The Morgan fingerprint density at radius 1 is 0.964 bits per heavy atom. The third kappa shape index (κ3) is 5.32. The molecule has 148 valence electrons. The highest BCUT2D eigenvalue weighted by molar-refractivity contribution is 7.93. The number of hydrogen-bond donors (Lipinski definition) is 2. The Morgan fingerprint density at radius 2 is 1.68 bits per heavy atom. The largest absolute Gasteiger partial charge is 0.355 e. The van der Waals surface area contributed by atoms with E-state index in [0.717, 1.165) is 5.56 Å². The number of nitrogens with one attached hydrogen (secondary N) is 2. The van der Waals surface area contributed by atoms with Gasteiger partial charge in [-0.2, -0.15) is 0 Å². The van der Waals surface area contributed by atoms with Crippen molar-refractivity contribution in [1.82, 2.24) is 5.32 Å². The summed E-state index contributed by atoms with van der Waals surface area (Å²) in [5, 5.41) is 5.48. The molecule has 1 fully saturated rings. The van der Waals surface area contributed by atoms with Gasteiger partial charge in [-0.05, 0) is 36.2 Å². The van der Waals surface area contributed by atoms with Crippen LogP contribution in [0.3, 0.4) is 0 Å². The average Bonchev–Trinajstić information content (AvgIpc) is 3.02. The number of sulfonamides is 1. The van der Waals surface area contributed by atoms with E-state index in [1.807, 2.05) is 30.3 Å². The van der Waals surface area contributed by atoms with Crippen LogP contribution < -0.4 is 14.9 Å². The van der Waals surface area contributed by atoms with Crippen LogP contribution in [0.4, 0.5) is 11.4 Å². The lowest BCUT2D eigenvalue weighted by Crippen LogP contribution is -2.28. The predicted molar refractivity (Wildman–Crippen MR) is 109 cm³/mol. The van der Waals surface area contributed by atoms with Gasteiger partial charge in [-0.1, -0.05) is 30.3 Å². The molecule has 7 nitrogen and oxygen atoms in total. The zero-order chi connectivity index (χ0) is 20.0. The molecule has 1 aliphatic heterocycles. The highest BCUT2D eigenvalue weighted by Crippen LogP contribution is 2.25. The van der Waals surface area contributed by atoms with Crippen molar-refractivity contribution in [3.05, 3.63) is 60.2 Å². The number of anilines is 2. The van der Waals surface area contributed by atoms with Crippen molar-refractivity contribution in [3.8, 4) is 0 Å². The zero-order valence-electron chi connectivity index (χ0n) is 15.4. The molecule has 2 aromatic rings. The molecule has 1 aliphatic rings. The van der Waals surface area contributed by atoms with E-state index in [1.54, 1.807) is 24.3 Å². The Labute approximate surface area is 164 Å². The summed E-state index contributed by atoms with van der Waals surface area (Å²) in [6, 6.07) is 16.1. The molecule has 28 heavy (non-hydrogen) atoms. The van der Waals surface area contributed by atoms with E-state index in [9.17, 15) is 18.0 Å². The van der Waals surface area contributed by atoms with Gasteiger partial charge >= 0.3 is 0 Å². The SMILES string of the molecule is O=C(Cc1ccccc1)NCCC(=O)Nc1ccc(N2CCCS2(=O)=O)cc1. The van der Waals surface area contributed by atoms with E-state index in [4.69, 9.17) is 0 Å². The smallest absolute Gasteiger partial charge is 0.235 e. The second kappa shape index (κ2) is 8.88. The molecular weight excluding hydrogens is 378 g/mol. The fourth-order valence-corrected chi connectivity index (χ4v) is 4.59. The van der Waals surface area contributed by atoms with Gasteiger partial charge in [0.25, 0.3) is 0 Å². The van der Waals surface area contributed by atoms with Crippen LogP contribution in [0.15, 0.2) is 54.6 Å². The van der Waals surface area contributed by atoms with Crippen LogP contribution in [0.1, 0.15) is 18.4 Å². The van der Waals surface area contributed by atoms with Crippen molar-refractivity contribution in [1.29, 1.82) is 0 Å². The molecule has 1 saturated heterocycles. The van der Waals surface area contributed by atoms with E-state index >= 15 is 0 Å². The molecule has 1 heterocycles. The molecule has 2 aromatic carbocycles. The Hall–Kier alpha value is -2.87. The van der Waals surface area contributed by atoms with Crippen LogP contribution >= 0.6 is 0 Å². The summed E-state index contributed by atoms with van der Waals surface area (Å²) in [7, 11) is -3.21. The fourth-order valence-electron chi connectivity index (χ4n) is 3.02. The van der Waals surface area contributed by atoms with Gasteiger partial charge in [0.05, 0.1) is 17.9 Å². The topological polar surface area (TPSA) is 95.6 Å². The minimum Gasteiger partial charge on any atom is -0.355 e. The third-order valence-electron chi connectivity index (χ3n) is 4.42. The number of carbonyl (C=O) groups excluding carboxylic acids is 2. The number of benzene rings is 2. The van der Waals surface area contributed by atoms with Crippen molar-refractivity contribution >= 4 is 33.2 Å². The van der Waals surface area contributed by atoms with E-state index in [1.165, 1.54) is 4.31 Å². The maximum absolute atomic E-state index is 12.0. The van der Waals surface area contributed by atoms with E-state index in [2.05, 4.69) is 10.6 Å². The molecule has 0 aromatic heterocycles. The second-order valence-electron chi connectivity index (χ2n) is 6.60. The van der Waals surface area contributed by atoms with Gasteiger partial charge < -0.3 is 10.6 Å². The average molecular weight is 401 g/mol. The van der Waals surface area contributed by atoms with Crippen LogP contribution in [0.5, 0.6) is 0 Å². The lowest BCUT2D eigenvalue weighted by atomic mass is 10.1.